The third-order valence-electron chi connectivity index (χ3n) is 6.29. The van der Waals surface area contributed by atoms with Crippen LogP contribution in [0.15, 0.2) is 24.3 Å². The molecule has 2 N–H and O–H groups in total. The molecular formula is C23H39Cl2N3O2. The summed E-state index contributed by atoms with van der Waals surface area (Å²) in [5.74, 6) is 1.69. The zero-order valence-corrected chi connectivity index (χ0v) is 20.2. The third-order valence-corrected chi connectivity index (χ3v) is 6.29. The van der Waals surface area contributed by atoms with E-state index in [-0.39, 0.29) is 36.1 Å². The van der Waals surface area contributed by atoms with Crippen molar-refractivity contribution in [2.24, 2.45) is 17.3 Å². The summed E-state index contributed by atoms with van der Waals surface area (Å²) < 4.78 is 5.37. The largest absolute Gasteiger partial charge is 0.384 e. The van der Waals surface area contributed by atoms with Crippen molar-refractivity contribution in [3.8, 4) is 0 Å². The molecule has 2 aliphatic heterocycles. The van der Waals surface area contributed by atoms with Gasteiger partial charge in [-0.1, -0.05) is 38.1 Å². The fraction of sp³-hybridized carbons (Fsp3) is 0.696. The minimum absolute atomic E-state index is 0. The summed E-state index contributed by atoms with van der Waals surface area (Å²) >= 11 is 0. The van der Waals surface area contributed by atoms with Crippen LogP contribution < -0.4 is 10.6 Å². The van der Waals surface area contributed by atoms with Gasteiger partial charge < -0.3 is 15.4 Å². The number of rotatable bonds is 7. The average molecular weight is 460 g/mol. The predicted molar refractivity (Wildman–Crippen MR) is 127 cm³/mol. The van der Waals surface area contributed by atoms with Gasteiger partial charge in [0, 0.05) is 33.3 Å². The number of methoxy groups -OCH3 is 1. The van der Waals surface area contributed by atoms with E-state index in [1.165, 1.54) is 25.1 Å². The lowest BCUT2D eigenvalue weighted by atomic mass is 9.78. The molecule has 2 fully saturated rings. The lowest BCUT2D eigenvalue weighted by Crippen LogP contribution is -2.49. The Kier molecular flexibility index (Phi) is 11.7. The molecule has 0 aliphatic carbocycles. The highest BCUT2D eigenvalue weighted by atomic mass is 35.5. The number of carbonyl (C=O) groups is 1. The van der Waals surface area contributed by atoms with E-state index in [2.05, 4.69) is 53.6 Å². The molecule has 172 valence electrons. The molecule has 0 aromatic heterocycles. The molecule has 1 aromatic rings. The van der Waals surface area contributed by atoms with Crippen LogP contribution in [0.4, 0.5) is 0 Å². The summed E-state index contributed by atoms with van der Waals surface area (Å²) in [6, 6.07) is 8.72. The van der Waals surface area contributed by atoms with Crippen LogP contribution in [0.5, 0.6) is 0 Å². The van der Waals surface area contributed by atoms with E-state index < -0.39 is 0 Å². The van der Waals surface area contributed by atoms with Crippen LogP contribution >= 0.6 is 24.8 Å². The number of carbonyl (C=O) groups excluding carboxylic acids is 1. The number of nitrogens with zero attached hydrogens (tertiary/aromatic N) is 1. The molecule has 1 aromatic carbocycles. The van der Waals surface area contributed by atoms with Gasteiger partial charge in [-0.05, 0) is 55.3 Å². The van der Waals surface area contributed by atoms with Gasteiger partial charge in [0.2, 0.25) is 5.91 Å². The molecule has 2 atom stereocenters. The fourth-order valence-electron chi connectivity index (χ4n) is 4.93. The van der Waals surface area contributed by atoms with Crippen molar-refractivity contribution in [2.45, 2.75) is 46.2 Å². The molecule has 2 heterocycles. The number of halogens is 2. The Balaban J connectivity index is 0.00000225. The van der Waals surface area contributed by atoms with Gasteiger partial charge in [-0.15, -0.1) is 24.8 Å². The summed E-state index contributed by atoms with van der Waals surface area (Å²) in [6.45, 7) is 10.9. The second-order valence-corrected chi connectivity index (χ2v) is 9.10. The van der Waals surface area contributed by atoms with Gasteiger partial charge in [0.1, 0.15) is 0 Å². The van der Waals surface area contributed by atoms with Crippen LogP contribution in [-0.4, -0.2) is 50.7 Å². The average Bonchev–Trinajstić information content (AvgIpc) is 2.67. The molecule has 5 nitrogen and oxygen atoms in total. The van der Waals surface area contributed by atoms with Crippen LogP contribution in [0.1, 0.15) is 44.2 Å². The Labute approximate surface area is 194 Å². The number of nitrogens with one attached hydrogen (secondary N) is 2. The molecule has 2 saturated heterocycles. The van der Waals surface area contributed by atoms with E-state index in [1.807, 2.05) is 0 Å². The Morgan fingerprint density at radius 2 is 1.67 bits per heavy atom. The summed E-state index contributed by atoms with van der Waals surface area (Å²) in [4.78, 5) is 15.4. The fourth-order valence-corrected chi connectivity index (χ4v) is 4.93. The van der Waals surface area contributed by atoms with E-state index in [0.29, 0.717) is 13.2 Å². The molecule has 30 heavy (non-hydrogen) atoms. The number of hydrogen-bond donors (Lipinski definition) is 2. The van der Waals surface area contributed by atoms with Crippen LogP contribution in [0.3, 0.4) is 0 Å². The van der Waals surface area contributed by atoms with E-state index in [0.717, 1.165) is 49.9 Å². The van der Waals surface area contributed by atoms with E-state index in [4.69, 9.17) is 4.74 Å². The monoisotopic (exact) mass is 459 g/mol. The van der Waals surface area contributed by atoms with Gasteiger partial charge in [0.15, 0.2) is 0 Å². The molecule has 3 rings (SSSR count). The molecule has 1 amide bonds. The Morgan fingerprint density at radius 1 is 1.10 bits per heavy atom. The lowest BCUT2D eigenvalue weighted by molar-refractivity contribution is -0.136. The molecule has 2 unspecified atom stereocenters. The highest BCUT2D eigenvalue weighted by Crippen LogP contribution is 2.29. The van der Waals surface area contributed by atoms with Gasteiger partial charge in [0.05, 0.1) is 12.0 Å². The van der Waals surface area contributed by atoms with Gasteiger partial charge in [-0.3, -0.25) is 9.69 Å². The van der Waals surface area contributed by atoms with Gasteiger partial charge in [0.25, 0.3) is 0 Å². The van der Waals surface area contributed by atoms with Crippen molar-refractivity contribution in [2.75, 3.05) is 39.9 Å². The second kappa shape index (κ2) is 12.9. The van der Waals surface area contributed by atoms with Crippen molar-refractivity contribution < 1.29 is 9.53 Å². The van der Waals surface area contributed by atoms with Crippen molar-refractivity contribution in [3.05, 3.63) is 35.4 Å². The van der Waals surface area contributed by atoms with Crippen LogP contribution in [0.25, 0.3) is 0 Å². The van der Waals surface area contributed by atoms with Crippen LogP contribution in [0, 0.1) is 17.3 Å². The first-order valence-electron chi connectivity index (χ1n) is 10.8. The predicted octanol–water partition coefficient (Wildman–Crippen LogP) is 3.64. The smallest absolute Gasteiger partial charge is 0.228 e. The Bertz CT molecular complexity index is 620. The molecule has 0 bridgehead atoms. The SMILES string of the molecule is COCC1(C(=O)NCc2ccc(CN3CC(C)CC(C)C3)cc2)CCNCC1.Cl.Cl. The van der Waals surface area contributed by atoms with Crippen LogP contribution in [-0.2, 0) is 22.6 Å². The summed E-state index contributed by atoms with van der Waals surface area (Å²) in [7, 11) is 1.68. The van der Waals surface area contributed by atoms with Crippen molar-refractivity contribution in [3.63, 3.8) is 0 Å². The normalized spacial score (nSPS) is 23.7. The quantitative estimate of drug-likeness (QED) is 0.653. The Hall–Kier alpha value is -0.850. The zero-order chi connectivity index (χ0) is 20.0. The van der Waals surface area contributed by atoms with Gasteiger partial charge >= 0.3 is 0 Å². The zero-order valence-electron chi connectivity index (χ0n) is 18.6. The van der Waals surface area contributed by atoms with Gasteiger partial charge in [-0.2, -0.15) is 0 Å². The molecule has 7 heteroatoms. The standard InChI is InChI=1S/C23H37N3O2.2ClH/c1-18-12-19(2)15-26(14-18)16-21-6-4-20(5-7-21)13-25-22(27)23(17-28-3)8-10-24-11-9-23;;/h4-7,18-19,24H,8-17H2,1-3H3,(H,25,27);2*1H. The van der Waals surface area contributed by atoms with E-state index in [1.54, 1.807) is 7.11 Å². The number of benzene rings is 1. The van der Waals surface area contributed by atoms with Crippen molar-refractivity contribution in [1.29, 1.82) is 0 Å². The second-order valence-electron chi connectivity index (χ2n) is 9.10. The summed E-state index contributed by atoms with van der Waals surface area (Å²) in [5.41, 5.74) is 2.12. The number of piperidine rings is 2. The first kappa shape index (κ1) is 27.2. The van der Waals surface area contributed by atoms with Crippen LogP contribution in [0.2, 0.25) is 0 Å². The summed E-state index contributed by atoms with van der Waals surface area (Å²) in [5, 5.41) is 6.48. The highest BCUT2D eigenvalue weighted by Gasteiger charge is 2.39. The van der Waals surface area contributed by atoms with Crippen molar-refractivity contribution in [1.82, 2.24) is 15.5 Å². The maximum absolute atomic E-state index is 12.8. The minimum atomic E-state index is -0.387. The molecule has 0 radical (unpaired) electrons. The molecular weight excluding hydrogens is 421 g/mol. The topological polar surface area (TPSA) is 53.6 Å². The highest BCUT2D eigenvalue weighted by molar-refractivity contribution is 5.85. The number of hydrogen-bond acceptors (Lipinski definition) is 4. The number of ether oxygens (including phenoxy) is 1. The maximum atomic E-state index is 12.8. The first-order valence-corrected chi connectivity index (χ1v) is 10.8. The first-order chi connectivity index (χ1) is 13.5. The number of likely N-dealkylation sites (tertiary alicyclic amines) is 1. The van der Waals surface area contributed by atoms with Crippen molar-refractivity contribution >= 4 is 30.7 Å². The Morgan fingerprint density at radius 3 is 2.23 bits per heavy atom. The third kappa shape index (κ3) is 7.38. The minimum Gasteiger partial charge on any atom is -0.384 e. The van der Waals surface area contributed by atoms with Gasteiger partial charge in [-0.25, -0.2) is 0 Å². The molecule has 0 saturated carbocycles. The molecule has 0 spiro atoms. The summed E-state index contributed by atoms with van der Waals surface area (Å²) in [6.07, 6.45) is 3.01. The molecule has 2 aliphatic rings. The maximum Gasteiger partial charge on any atom is 0.228 e. The lowest BCUT2D eigenvalue weighted by Gasteiger charge is -2.35. The number of amides is 1. The van der Waals surface area contributed by atoms with E-state index >= 15 is 0 Å². The van der Waals surface area contributed by atoms with E-state index in [9.17, 15) is 4.79 Å².